The molecule has 12 heteroatoms. The first-order chi connectivity index (χ1) is 18.1. The number of piperidine rings is 1. The van der Waals surface area contributed by atoms with E-state index >= 15 is 0 Å². The summed E-state index contributed by atoms with van der Waals surface area (Å²) in [6, 6.07) is 10.4. The lowest BCUT2D eigenvalue weighted by Gasteiger charge is -2.36. The molecule has 2 saturated heterocycles. The topological polar surface area (TPSA) is 73.8 Å². The molecule has 0 spiro atoms. The number of piperazine rings is 1. The number of hydrogen-bond acceptors (Lipinski definition) is 6. The Kier molecular flexibility index (Phi) is 8.24. The second-order valence-corrected chi connectivity index (χ2v) is 13.6. The molecule has 0 atom stereocenters. The smallest absolute Gasteiger partial charge is 0.273 e. The maximum Gasteiger partial charge on any atom is 0.273 e. The fraction of sp³-hybridized carbons (Fsp3) is 0.385. The molecule has 3 aromatic rings. The van der Waals surface area contributed by atoms with Crippen molar-refractivity contribution in [3.63, 3.8) is 0 Å². The van der Waals surface area contributed by atoms with Crippen LogP contribution in [0.25, 0.3) is 0 Å². The highest BCUT2D eigenvalue weighted by atomic mass is 35.5. The molecular formula is C26H27Cl3N4O3S2. The molecule has 1 aromatic heterocycles. The van der Waals surface area contributed by atoms with Crippen molar-refractivity contribution in [1.82, 2.24) is 14.2 Å². The summed E-state index contributed by atoms with van der Waals surface area (Å²) in [4.78, 5) is 22.0. The first kappa shape index (κ1) is 27.7. The van der Waals surface area contributed by atoms with Crippen LogP contribution >= 0.6 is 46.1 Å². The number of hydrogen-bond donors (Lipinski definition) is 0. The standard InChI is InChI=1S/C26H27Cl3N4O3S2/c1-17-2-4-20(15-22(17)28)38(35,36)33-8-6-18(7-9-33)25-30-24(16-37-25)26(34)32-12-10-31(11-13-32)19-3-5-21(27)23(29)14-19/h2-5,14-16,18H,6-13H2,1H3. The molecule has 3 heterocycles. The van der Waals surface area contributed by atoms with Gasteiger partial charge in [0.25, 0.3) is 5.91 Å². The van der Waals surface area contributed by atoms with Gasteiger partial charge in [-0.25, -0.2) is 13.4 Å². The lowest BCUT2D eigenvalue weighted by atomic mass is 9.99. The number of amides is 1. The molecule has 0 radical (unpaired) electrons. The van der Waals surface area contributed by atoms with Crippen LogP contribution in [0.1, 0.15) is 39.8 Å². The van der Waals surface area contributed by atoms with Crippen molar-refractivity contribution in [2.24, 2.45) is 0 Å². The van der Waals surface area contributed by atoms with Gasteiger partial charge in [-0.3, -0.25) is 4.79 Å². The van der Waals surface area contributed by atoms with Crippen molar-refractivity contribution in [1.29, 1.82) is 0 Å². The van der Waals surface area contributed by atoms with Crippen LogP contribution in [0.15, 0.2) is 46.7 Å². The third-order valence-corrected chi connectivity index (χ3v) is 11.2. The van der Waals surface area contributed by atoms with Crippen molar-refractivity contribution in [3.8, 4) is 0 Å². The van der Waals surface area contributed by atoms with E-state index < -0.39 is 10.0 Å². The summed E-state index contributed by atoms with van der Waals surface area (Å²) in [5, 5.41) is 4.18. The predicted octanol–water partition coefficient (Wildman–Crippen LogP) is 5.94. The monoisotopic (exact) mass is 612 g/mol. The summed E-state index contributed by atoms with van der Waals surface area (Å²) in [5.74, 6) is 0.0543. The molecule has 2 aromatic carbocycles. The van der Waals surface area contributed by atoms with Gasteiger partial charge in [0.1, 0.15) is 5.69 Å². The Labute approximate surface area is 242 Å². The minimum absolute atomic E-state index is 0.0717. The van der Waals surface area contributed by atoms with E-state index in [1.807, 2.05) is 29.3 Å². The molecule has 0 saturated carbocycles. The summed E-state index contributed by atoms with van der Waals surface area (Å²) in [7, 11) is -3.61. The molecule has 2 aliphatic rings. The van der Waals surface area contributed by atoms with Crippen molar-refractivity contribution >= 4 is 67.8 Å². The zero-order chi connectivity index (χ0) is 27.0. The van der Waals surface area contributed by atoms with Gasteiger partial charge in [0, 0.05) is 61.3 Å². The van der Waals surface area contributed by atoms with Gasteiger partial charge in [-0.05, 0) is 55.7 Å². The van der Waals surface area contributed by atoms with Crippen LogP contribution in [0, 0.1) is 6.92 Å². The number of carbonyl (C=O) groups excluding carboxylic acids is 1. The van der Waals surface area contributed by atoms with Gasteiger partial charge in [0.15, 0.2) is 0 Å². The minimum atomic E-state index is -3.61. The molecule has 2 aliphatic heterocycles. The first-order valence-electron chi connectivity index (χ1n) is 12.3. The maximum absolute atomic E-state index is 13.1. The fourth-order valence-corrected chi connectivity index (χ4v) is 7.81. The Morgan fingerprint density at radius 3 is 2.29 bits per heavy atom. The zero-order valence-electron chi connectivity index (χ0n) is 20.7. The van der Waals surface area contributed by atoms with E-state index in [9.17, 15) is 13.2 Å². The second-order valence-electron chi connectivity index (χ2n) is 9.54. The number of sulfonamides is 1. The normalized spacial score (nSPS) is 17.7. The quantitative estimate of drug-likeness (QED) is 0.356. The SMILES string of the molecule is Cc1ccc(S(=O)(=O)N2CCC(c3nc(C(=O)N4CCN(c5ccc(Cl)c(Cl)c5)CC4)cs3)CC2)cc1Cl. The van der Waals surface area contributed by atoms with E-state index in [4.69, 9.17) is 34.8 Å². The highest BCUT2D eigenvalue weighted by Crippen LogP contribution is 2.34. The van der Waals surface area contributed by atoms with Crippen molar-refractivity contribution < 1.29 is 13.2 Å². The molecule has 7 nitrogen and oxygen atoms in total. The lowest BCUT2D eigenvalue weighted by Crippen LogP contribution is -2.48. The summed E-state index contributed by atoms with van der Waals surface area (Å²) in [5.41, 5.74) is 2.28. The maximum atomic E-state index is 13.1. The largest absolute Gasteiger partial charge is 0.368 e. The number of anilines is 1. The van der Waals surface area contributed by atoms with Crippen LogP contribution in [-0.2, 0) is 10.0 Å². The Bertz CT molecular complexity index is 1450. The Morgan fingerprint density at radius 1 is 0.921 bits per heavy atom. The van der Waals surface area contributed by atoms with Crippen LogP contribution in [0.3, 0.4) is 0 Å². The molecule has 0 unspecified atom stereocenters. The van der Waals surface area contributed by atoms with E-state index in [0.29, 0.717) is 72.9 Å². The van der Waals surface area contributed by atoms with Crippen molar-refractivity contribution in [2.75, 3.05) is 44.2 Å². The van der Waals surface area contributed by atoms with Crippen LogP contribution < -0.4 is 4.90 Å². The van der Waals surface area contributed by atoms with Gasteiger partial charge < -0.3 is 9.80 Å². The highest BCUT2D eigenvalue weighted by Gasteiger charge is 2.32. The minimum Gasteiger partial charge on any atom is -0.368 e. The molecule has 0 N–H and O–H groups in total. The van der Waals surface area contributed by atoms with Crippen molar-refractivity contribution in [3.05, 3.63) is 73.1 Å². The van der Waals surface area contributed by atoms with E-state index in [2.05, 4.69) is 9.88 Å². The van der Waals surface area contributed by atoms with Gasteiger partial charge in [0.05, 0.1) is 19.9 Å². The fourth-order valence-electron chi connectivity index (χ4n) is 4.81. The molecule has 1 amide bonds. The second kappa shape index (κ2) is 11.3. The first-order valence-corrected chi connectivity index (χ1v) is 15.8. The third kappa shape index (κ3) is 5.69. The summed E-state index contributed by atoms with van der Waals surface area (Å²) in [6.45, 7) is 5.21. The predicted molar refractivity (Wildman–Crippen MR) is 154 cm³/mol. The number of halogens is 3. The molecule has 0 bridgehead atoms. The van der Waals surface area contributed by atoms with Crippen molar-refractivity contribution in [2.45, 2.75) is 30.6 Å². The molecule has 38 heavy (non-hydrogen) atoms. The van der Waals surface area contributed by atoms with Gasteiger partial charge in [0.2, 0.25) is 10.0 Å². The Morgan fingerprint density at radius 2 is 1.63 bits per heavy atom. The van der Waals surface area contributed by atoms with Gasteiger partial charge in [-0.2, -0.15) is 4.31 Å². The van der Waals surface area contributed by atoms with Gasteiger partial charge >= 0.3 is 0 Å². The third-order valence-electron chi connectivity index (χ3n) is 7.16. The summed E-state index contributed by atoms with van der Waals surface area (Å²) >= 11 is 19.8. The number of aryl methyl sites for hydroxylation is 1. The van der Waals surface area contributed by atoms with E-state index in [1.54, 1.807) is 18.2 Å². The number of thiazole rings is 1. The van der Waals surface area contributed by atoms with Crippen LogP contribution in [0.2, 0.25) is 15.1 Å². The lowest BCUT2D eigenvalue weighted by molar-refractivity contribution is 0.0741. The summed E-state index contributed by atoms with van der Waals surface area (Å²) < 4.78 is 27.7. The molecule has 5 rings (SSSR count). The van der Waals surface area contributed by atoms with Crippen LogP contribution in [-0.4, -0.2) is 67.8 Å². The average Bonchev–Trinajstić information content (AvgIpc) is 3.42. The van der Waals surface area contributed by atoms with E-state index in [-0.39, 0.29) is 16.7 Å². The summed E-state index contributed by atoms with van der Waals surface area (Å²) in [6.07, 6.45) is 1.31. The van der Waals surface area contributed by atoms with Gasteiger partial charge in [-0.15, -0.1) is 11.3 Å². The van der Waals surface area contributed by atoms with E-state index in [0.717, 1.165) is 16.3 Å². The molecular weight excluding hydrogens is 587 g/mol. The number of benzene rings is 2. The zero-order valence-corrected chi connectivity index (χ0v) is 24.6. The Balaban J connectivity index is 1.17. The van der Waals surface area contributed by atoms with Gasteiger partial charge in [-0.1, -0.05) is 40.9 Å². The van der Waals surface area contributed by atoms with Crippen LogP contribution in [0.5, 0.6) is 0 Å². The molecule has 202 valence electrons. The number of aromatic nitrogens is 1. The number of rotatable bonds is 5. The highest BCUT2D eigenvalue weighted by molar-refractivity contribution is 7.89. The molecule has 2 fully saturated rings. The van der Waals surface area contributed by atoms with E-state index in [1.165, 1.54) is 21.7 Å². The number of carbonyl (C=O) groups is 1. The Hall–Kier alpha value is -1.88. The number of nitrogens with zero attached hydrogens (tertiary/aromatic N) is 4. The molecule has 0 aliphatic carbocycles. The van der Waals surface area contributed by atoms with Crippen LogP contribution in [0.4, 0.5) is 5.69 Å². The average molecular weight is 614 g/mol.